The van der Waals surface area contributed by atoms with Crippen LogP contribution in [-0.4, -0.2) is 25.0 Å². The molecule has 3 heteroatoms. The zero-order valence-corrected chi connectivity index (χ0v) is 11.5. The lowest BCUT2D eigenvalue weighted by Gasteiger charge is -2.16. The Kier molecular flexibility index (Phi) is 5.98. The van der Waals surface area contributed by atoms with Crippen molar-refractivity contribution < 1.29 is 4.79 Å². The molecule has 1 unspecified atom stereocenters. The van der Waals surface area contributed by atoms with Crippen molar-refractivity contribution in [3.8, 4) is 0 Å². The van der Waals surface area contributed by atoms with Crippen LogP contribution in [0.2, 0.25) is 0 Å². The van der Waals surface area contributed by atoms with Gasteiger partial charge in [0.1, 0.15) is 0 Å². The quantitative estimate of drug-likeness (QED) is 0.738. The van der Waals surface area contributed by atoms with Gasteiger partial charge in [0.25, 0.3) is 0 Å². The Bertz CT molecular complexity index is 241. The van der Waals surface area contributed by atoms with Crippen LogP contribution >= 0.6 is 0 Å². The summed E-state index contributed by atoms with van der Waals surface area (Å²) in [6.45, 7) is 1.87. The summed E-state index contributed by atoms with van der Waals surface area (Å²) < 4.78 is 0. The summed E-state index contributed by atoms with van der Waals surface area (Å²) in [5.41, 5.74) is 0. The summed E-state index contributed by atoms with van der Waals surface area (Å²) in [6.07, 6.45) is 12.8. The van der Waals surface area contributed by atoms with Crippen LogP contribution < -0.4 is 10.6 Å². The van der Waals surface area contributed by atoms with Crippen LogP contribution in [0.3, 0.4) is 0 Å². The van der Waals surface area contributed by atoms with E-state index in [1.54, 1.807) is 0 Å². The topological polar surface area (TPSA) is 41.1 Å². The Hall–Kier alpha value is -0.570. The molecule has 104 valence electrons. The van der Waals surface area contributed by atoms with Crippen molar-refractivity contribution in [2.24, 2.45) is 5.92 Å². The van der Waals surface area contributed by atoms with E-state index in [4.69, 9.17) is 0 Å². The predicted octanol–water partition coefficient (Wildman–Crippen LogP) is 2.61. The van der Waals surface area contributed by atoms with Gasteiger partial charge < -0.3 is 10.6 Å². The SMILES string of the molecule is O=C(NCCCC1CCCC1)C1CCCCCN1. The highest BCUT2D eigenvalue weighted by Gasteiger charge is 2.19. The predicted molar refractivity (Wildman–Crippen MR) is 74.5 cm³/mol. The maximum absolute atomic E-state index is 12.0. The molecular weight excluding hydrogens is 224 g/mol. The first-order valence-electron chi connectivity index (χ1n) is 7.87. The lowest BCUT2D eigenvalue weighted by molar-refractivity contribution is -0.123. The third kappa shape index (κ3) is 4.60. The van der Waals surface area contributed by atoms with E-state index in [0.717, 1.165) is 31.8 Å². The molecule has 1 saturated carbocycles. The molecule has 1 heterocycles. The second-order valence-electron chi connectivity index (χ2n) is 5.94. The summed E-state index contributed by atoms with van der Waals surface area (Å²) in [4.78, 5) is 12.0. The molecule has 1 atom stereocenters. The number of hydrogen-bond donors (Lipinski definition) is 2. The van der Waals surface area contributed by atoms with Crippen LogP contribution in [0.15, 0.2) is 0 Å². The summed E-state index contributed by atoms with van der Waals surface area (Å²) in [6, 6.07) is 0.0685. The van der Waals surface area contributed by atoms with Gasteiger partial charge in [-0.15, -0.1) is 0 Å². The van der Waals surface area contributed by atoms with Crippen LogP contribution in [0.4, 0.5) is 0 Å². The Morgan fingerprint density at radius 2 is 1.83 bits per heavy atom. The molecule has 1 amide bonds. The zero-order chi connectivity index (χ0) is 12.6. The molecule has 0 aromatic carbocycles. The Morgan fingerprint density at radius 1 is 1.06 bits per heavy atom. The molecule has 0 aromatic rings. The molecule has 2 N–H and O–H groups in total. The molecule has 1 saturated heterocycles. The van der Waals surface area contributed by atoms with Crippen molar-refractivity contribution in [1.29, 1.82) is 0 Å². The van der Waals surface area contributed by atoms with Gasteiger partial charge in [0.2, 0.25) is 5.91 Å². The Balaban J connectivity index is 1.55. The zero-order valence-electron chi connectivity index (χ0n) is 11.5. The molecule has 0 bridgehead atoms. The average molecular weight is 252 g/mol. The van der Waals surface area contributed by atoms with Crippen LogP contribution in [-0.2, 0) is 4.79 Å². The third-order valence-corrected chi connectivity index (χ3v) is 4.44. The summed E-state index contributed by atoms with van der Waals surface area (Å²) in [7, 11) is 0. The maximum atomic E-state index is 12.0. The smallest absolute Gasteiger partial charge is 0.237 e. The molecule has 0 aromatic heterocycles. The lowest BCUT2D eigenvalue weighted by Crippen LogP contribution is -2.44. The van der Waals surface area contributed by atoms with Gasteiger partial charge in [-0.1, -0.05) is 38.5 Å². The first-order valence-corrected chi connectivity index (χ1v) is 7.87. The molecule has 2 fully saturated rings. The number of carbonyl (C=O) groups excluding carboxylic acids is 1. The van der Waals surface area contributed by atoms with Crippen LogP contribution in [0.25, 0.3) is 0 Å². The van der Waals surface area contributed by atoms with Crippen molar-refractivity contribution >= 4 is 5.91 Å². The standard InChI is InChI=1S/C15H28N2O/c18-15(14-10-2-1-5-11-16-14)17-12-6-9-13-7-3-4-8-13/h13-14,16H,1-12H2,(H,17,18). The molecule has 1 aliphatic carbocycles. The van der Waals surface area contributed by atoms with Gasteiger partial charge in [-0.05, 0) is 38.1 Å². The first-order chi connectivity index (χ1) is 8.86. The Morgan fingerprint density at radius 3 is 2.67 bits per heavy atom. The largest absolute Gasteiger partial charge is 0.355 e. The number of hydrogen-bond acceptors (Lipinski definition) is 2. The fraction of sp³-hybridized carbons (Fsp3) is 0.933. The summed E-state index contributed by atoms with van der Waals surface area (Å²) in [5.74, 6) is 1.17. The first kappa shape index (κ1) is 13.9. The van der Waals surface area contributed by atoms with Crippen molar-refractivity contribution in [2.45, 2.75) is 70.3 Å². The van der Waals surface area contributed by atoms with E-state index < -0.39 is 0 Å². The van der Waals surface area contributed by atoms with Crippen LogP contribution in [0.1, 0.15) is 64.2 Å². The maximum Gasteiger partial charge on any atom is 0.237 e. The highest BCUT2D eigenvalue weighted by Crippen LogP contribution is 2.28. The number of amides is 1. The van der Waals surface area contributed by atoms with Crippen molar-refractivity contribution in [1.82, 2.24) is 10.6 Å². The van der Waals surface area contributed by atoms with Crippen LogP contribution in [0, 0.1) is 5.92 Å². The molecule has 18 heavy (non-hydrogen) atoms. The average Bonchev–Trinajstić information content (AvgIpc) is 2.74. The minimum atomic E-state index is 0.0685. The van der Waals surface area contributed by atoms with Gasteiger partial charge in [0.05, 0.1) is 6.04 Å². The highest BCUT2D eigenvalue weighted by atomic mass is 16.2. The van der Waals surface area contributed by atoms with Gasteiger partial charge in [0, 0.05) is 6.54 Å². The van der Waals surface area contributed by atoms with E-state index in [9.17, 15) is 4.79 Å². The van der Waals surface area contributed by atoms with Gasteiger partial charge in [-0.3, -0.25) is 4.79 Å². The van der Waals surface area contributed by atoms with E-state index >= 15 is 0 Å². The van der Waals surface area contributed by atoms with E-state index in [-0.39, 0.29) is 11.9 Å². The van der Waals surface area contributed by atoms with Gasteiger partial charge >= 0.3 is 0 Å². The highest BCUT2D eigenvalue weighted by molar-refractivity contribution is 5.81. The molecule has 0 spiro atoms. The van der Waals surface area contributed by atoms with E-state index in [0.29, 0.717) is 0 Å². The number of carbonyl (C=O) groups is 1. The lowest BCUT2D eigenvalue weighted by atomic mass is 10.0. The van der Waals surface area contributed by atoms with Gasteiger partial charge in [0.15, 0.2) is 0 Å². The normalized spacial score (nSPS) is 25.9. The molecule has 2 rings (SSSR count). The number of nitrogens with one attached hydrogen (secondary N) is 2. The van der Waals surface area contributed by atoms with E-state index in [1.165, 1.54) is 51.4 Å². The van der Waals surface area contributed by atoms with Gasteiger partial charge in [-0.2, -0.15) is 0 Å². The minimum Gasteiger partial charge on any atom is -0.355 e. The monoisotopic (exact) mass is 252 g/mol. The fourth-order valence-corrected chi connectivity index (χ4v) is 3.28. The number of rotatable bonds is 5. The van der Waals surface area contributed by atoms with E-state index in [1.807, 2.05) is 0 Å². The van der Waals surface area contributed by atoms with Crippen molar-refractivity contribution in [3.05, 3.63) is 0 Å². The second kappa shape index (κ2) is 7.78. The molecule has 2 aliphatic rings. The third-order valence-electron chi connectivity index (χ3n) is 4.44. The second-order valence-corrected chi connectivity index (χ2v) is 5.94. The Labute approximate surface area is 111 Å². The fourth-order valence-electron chi connectivity index (χ4n) is 3.28. The summed E-state index contributed by atoms with van der Waals surface area (Å²) >= 11 is 0. The van der Waals surface area contributed by atoms with Crippen molar-refractivity contribution in [3.63, 3.8) is 0 Å². The van der Waals surface area contributed by atoms with Gasteiger partial charge in [-0.25, -0.2) is 0 Å². The van der Waals surface area contributed by atoms with Crippen LogP contribution in [0.5, 0.6) is 0 Å². The summed E-state index contributed by atoms with van der Waals surface area (Å²) in [5, 5.41) is 6.45. The molecule has 3 nitrogen and oxygen atoms in total. The van der Waals surface area contributed by atoms with Crippen molar-refractivity contribution in [2.75, 3.05) is 13.1 Å². The molecular formula is C15H28N2O. The minimum absolute atomic E-state index is 0.0685. The molecule has 0 radical (unpaired) electrons. The molecule has 1 aliphatic heterocycles. The van der Waals surface area contributed by atoms with E-state index in [2.05, 4.69) is 10.6 Å².